The van der Waals surface area contributed by atoms with Crippen LogP contribution in [0.2, 0.25) is 0 Å². The second kappa shape index (κ2) is 8.01. The summed E-state index contributed by atoms with van der Waals surface area (Å²) in [5.41, 5.74) is 1.40. The average molecular weight is 329 g/mol. The lowest BCUT2D eigenvalue weighted by Crippen LogP contribution is -2.12. The number of benzene rings is 2. The van der Waals surface area contributed by atoms with Crippen LogP contribution in [-0.4, -0.2) is 32.7 Å². The number of ether oxygens (including phenoxy) is 3. The van der Waals surface area contributed by atoms with Crippen LogP contribution in [0.1, 0.15) is 27.6 Å². The molecule has 126 valence electrons. The molecule has 1 N–H and O–H groups in total. The van der Waals surface area contributed by atoms with E-state index in [-0.39, 0.29) is 5.91 Å². The maximum absolute atomic E-state index is 12.4. The number of esters is 1. The number of rotatable bonds is 6. The number of nitrogens with one attached hydrogen (secondary N) is 1. The van der Waals surface area contributed by atoms with E-state index in [0.29, 0.717) is 34.9 Å². The van der Waals surface area contributed by atoms with Crippen LogP contribution in [0.5, 0.6) is 11.5 Å². The van der Waals surface area contributed by atoms with Gasteiger partial charge in [0.25, 0.3) is 5.91 Å². The lowest BCUT2D eigenvalue weighted by atomic mass is 10.1. The van der Waals surface area contributed by atoms with Crippen molar-refractivity contribution >= 4 is 17.6 Å². The molecular formula is C18H19NO5. The first kappa shape index (κ1) is 17.3. The summed E-state index contributed by atoms with van der Waals surface area (Å²) < 4.78 is 15.2. The zero-order valence-electron chi connectivity index (χ0n) is 13.8. The SMILES string of the molecule is CCOC(=O)c1ccc(NC(=O)c2cc(OC)cc(OC)c2)cc1. The highest BCUT2D eigenvalue weighted by molar-refractivity contribution is 6.05. The van der Waals surface area contributed by atoms with Crippen molar-refractivity contribution in [3.8, 4) is 11.5 Å². The van der Waals surface area contributed by atoms with E-state index < -0.39 is 5.97 Å². The smallest absolute Gasteiger partial charge is 0.338 e. The minimum Gasteiger partial charge on any atom is -0.497 e. The molecule has 0 aromatic heterocycles. The van der Waals surface area contributed by atoms with Gasteiger partial charge in [-0.15, -0.1) is 0 Å². The Bertz CT molecular complexity index is 702. The van der Waals surface area contributed by atoms with E-state index in [9.17, 15) is 9.59 Å². The van der Waals surface area contributed by atoms with Crippen molar-refractivity contribution in [2.24, 2.45) is 0 Å². The van der Waals surface area contributed by atoms with Crippen LogP contribution in [-0.2, 0) is 4.74 Å². The number of methoxy groups -OCH3 is 2. The van der Waals surface area contributed by atoms with Gasteiger partial charge in [-0.25, -0.2) is 4.79 Å². The number of hydrogen-bond donors (Lipinski definition) is 1. The van der Waals surface area contributed by atoms with Crippen LogP contribution in [0, 0.1) is 0 Å². The zero-order valence-corrected chi connectivity index (χ0v) is 13.8. The standard InChI is InChI=1S/C18H19NO5/c1-4-24-18(21)12-5-7-14(8-6-12)19-17(20)13-9-15(22-2)11-16(10-13)23-3/h5-11H,4H2,1-3H3,(H,19,20). The second-order valence-corrected chi connectivity index (χ2v) is 4.85. The van der Waals surface area contributed by atoms with Gasteiger partial charge >= 0.3 is 5.97 Å². The predicted octanol–water partition coefficient (Wildman–Crippen LogP) is 3.13. The molecule has 6 heteroatoms. The van der Waals surface area contributed by atoms with Crippen molar-refractivity contribution in [3.63, 3.8) is 0 Å². The van der Waals surface area contributed by atoms with Crippen molar-refractivity contribution in [1.29, 1.82) is 0 Å². The van der Waals surface area contributed by atoms with E-state index in [1.54, 1.807) is 49.4 Å². The maximum atomic E-state index is 12.4. The highest BCUT2D eigenvalue weighted by Gasteiger charge is 2.11. The Morgan fingerprint density at radius 3 is 2.00 bits per heavy atom. The lowest BCUT2D eigenvalue weighted by molar-refractivity contribution is 0.0526. The van der Waals surface area contributed by atoms with Gasteiger partial charge in [0.2, 0.25) is 0 Å². The molecule has 0 aliphatic rings. The fourth-order valence-electron chi connectivity index (χ4n) is 2.05. The van der Waals surface area contributed by atoms with Crippen LogP contribution in [0.4, 0.5) is 5.69 Å². The first-order valence-electron chi connectivity index (χ1n) is 7.39. The number of anilines is 1. The normalized spacial score (nSPS) is 9.96. The molecule has 2 aromatic rings. The van der Waals surface area contributed by atoms with Crippen LogP contribution in [0.15, 0.2) is 42.5 Å². The lowest BCUT2D eigenvalue weighted by Gasteiger charge is -2.09. The molecule has 0 spiro atoms. The van der Waals surface area contributed by atoms with Crippen LogP contribution in [0.25, 0.3) is 0 Å². The van der Waals surface area contributed by atoms with Gasteiger partial charge in [-0.05, 0) is 43.3 Å². The third-order valence-electron chi connectivity index (χ3n) is 3.27. The molecule has 1 amide bonds. The topological polar surface area (TPSA) is 73.9 Å². The van der Waals surface area contributed by atoms with Gasteiger partial charge in [0.1, 0.15) is 11.5 Å². The third-order valence-corrected chi connectivity index (χ3v) is 3.27. The Kier molecular flexibility index (Phi) is 5.78. The molecule has 0 bridgehead atoms. The molecule has 0 atom stereocenters. The summed E-state index contributed by atoms with van der Waals surface area (Å²) in [4.78, 5) is 24.0. The molecule has 0 unspecified atom stereocenters. The summed E-state index contributed by atoms with van der Waals surface area (Å²) in [6.45, 7) is 2.06. The van der Waals surface area contributed by atoms with Gasteiger partial charge in [-0.3, -0.25) is 4.79 Å². The molecule has 0 fully saturated rings. The second-order valence-electron chi connectivity index (χ2n) is 4.85. The molecule has 2 aromatic carbocycles. The number of carbonyl (C=O) groups is 2. The van der Waals surface area contributed by atoms with E-state index in [1.807, 2.05) is 0 Å². The summed E-state index contributed by atoms with van der Waals surface area (Å²) >= 11 is 0. The van der Waals surface area contributed by atoms with Gasteiger partial charge in [-0.2, -0.15) is 0 Å². The molecular weight excluding hydrogens is 310 g/mol. The quantitative estimate of drug-likeness (QED) is 0.824. The molecule has 2 rings (SSSR count). The van der Waals surface area contributed by atoms with E-state index in [1.165, 1.54) is 14.2 Å². The third kappa shape index (κ3) is 4.25. The summed E-state index contributed by atoms with van der Waals surface area (Å²) in [5.74, 6) is 0.346. The van der Waals surface area contributed by atoms with E-state index in [4.69, 9.17) is 14.2 Å². The van der Waals surface area contributed by atoms with Crippen molar-refractivity contribution in [3.05, 3.63) is 53.6 Å². The van der Waals surface area contributed by atoms with Crippen molar-refractivity contribution in [1.82, 2.24) is 0 Å². The summed E-state index contributed by atoms with van der Waals surface area (Å²) in [6, 6.07) is 11.4. The van der Waals surface area contributed by atoms with Crippen LogP contribution >= 0.6 is 0 Å². The van der Waals surface area contributed by atoms with Gasteiger partial charge < -0.3 is 19.5 Å². The van der Waals surface area contributed by atoms with Crippen LogP contribution in [0.3, 0.4) is 0 Å². The van der Waals surface area contributed by atoms with Gasteiger partial charge in [0.15, 0.2) is 0 Å². The minimum absolute atomic E-state index is 0.309. The molecule has 0 aliphatic carbocycles. The Morgan fingerprint density at radius 1 is 0.917 bits per heavy atom. The van der Waals surface area contributed by atoms with Crippen LogP contribution < -0.4 is 14.8 Å². The molecule has 0 heterocycles. The molecule has 0 saturated heterocycles. The minimum atomic E-state index is -0.395. The Hall–Kier alpha value is -3.02. The Balaban J connectivity index is 2.13. The predicted molar refractivity (Wildman–Crippen MR) is 89.9 cm³/mol. The number of amides is 1. The fourth-order valence-corrected chi connectivity index (χ4v) is 2.05. The van der Waals surface area contributed by atoms with E-state index in [0.717, 1.165) is 0 Å². The molecule has 0 saturated carbocycles. The fraction of sp³-hybridized carbons (Fsp3) is 0.222. The monoisotopic (exact) mass is 329 g/mol. The summed E-state index contributed by atoms with van der Waals surface area (Å²) in [5, 5.41) is 2.76. The molecule has 0 radical (unpaired) electrons. The molecule has 0 aliphatic heterocycles. The largest absolute Gasteiger partial charge is 0.497 e. The van der Waals surface area contributed by atoms with Crippen molar-refractivity contribution < 1.29 is 23.8 Å². The average Bonchev–Trinajstić information content (AvgIpc) is 2.61. The number of carbonyl (C=O) groups excluding carboxylic acids is 2. The number of hydrogen-bond acceptors (Lipinski definition) is 5. The van der Waals surface area contributed by atoms with Crippen molar-refractivity contribution in [2.45, 2.75) is 6.92 Å². The Labute approximate surface area is 140 Å². The summed E-state index contributed by atoms with van der Waals surface area (Å²) in [6.07, 6.45) is 0. The molecule has 6 nitrogen and oxygen atoms in total. The zero-order chi connectivity index (χ0) is 17.5. The first-order valence-corrected chi connectivity index (χ1v) is 7.39. The van der Waals surface area contributed by atoms with Gasteiger partial charge in [0, 0.05) is 17.3 Å². The first-order chi connectivity index (χ1) is 11.6. The van der Waals surface area contributed by atoms with Gasteiger partial charge in [-0.1, -0.05) is 0 Å². The Morgan fingerprint density at radius 2 is 1.50 bits per heavy atom. The highest BCUT2D eigenvalue weighted by Crippen LogP contribution is 2.23. The maximum Gasteiger partial charge on any atom is 0.338 e. The van der Waals surface area contributed by atoms with Gasteiger partial charge in [0.05, 0.1) is 26.4 Å². The summed E-state index contributed by atoms with van der Waals surface area (Å²) in [7, 11) is 3.04. The highest BCUT2D eigenvalue weighted by atomic mass is 16.5. The van der Waals surface area contributed by atoms with E-state index >= 15 is 0 Å². The molecule has 24 heavy (non-hydrogen) atoms. The van der Waals surface area contributed by atoms with E-state index in [2.05, 4.69) is 5.32 Å². The van der Waals surface area contributed by atoms with Crippen molar-refractivity contribution in [2.75, 3.05) is 26.1 Å².